The molecule has 0 aliphatic heterocycles. The number of rotatable bonds is 4. The van der Waals surface area contributed by atoms with Gasteiger partial charge in [-0.2, -0.15) is 0 Å². The summed E-state index contributed by atoms with van der Waals surface area (Å²) in [5, 5.41) is 8.12. The minimum Gasteiger partial charge on any atom is -0.353 e. The maximum atomic E-state index is 14.2. The van der Waals surface area contributed by atoms with Crippen molar-refractivity contribution in [2.45, 2.75) is 25.7 Å². The van der Waals surface area contributed by atoms with Gasteiger partial charge in [-0.15, -0.1) is 10.2 Å². The van der Waals surface area contributed by atoms with Gasteiger partial charge in [-0.25, -0.2) is 18.9 Å². The van der Waals surface area contributed by atoms with E-state index in [1.54, 1.807) is 17.0 Å². The predicted molar refractivity (Wildman–Crippen MR) is 122 cm³/mol. The van der Waals surface area contributed by atoms with E-state index in [1.807, 2.05) is 32.2 Å². The highest BCUT2D eigenvalue weighted by Gasteiger charge is 2.27. The third kappa shape index (κ3) is 3.32. The quantitative estimate of drug-likeness (QED) is 0.457. The summed E-state index contributed by atoms with van der Waals surface area (Å²) >= 11 is 0. The highest BCUT2D eigenvalue weighted by molar-refractivity contribution is 5.82. The Kier molecular flexibility index (Phi) is 4.26. The maximum absolute atomic E-state index is 14.2. The summed E-state index contributed by atoms with van der Waals surface area (Å²) in [6.45, 7) is 1.89. The van der Waals surface area contributed by atoms with Crippen LogP contribution in [0, 0.1) is 12.7 Å². The zero-order chi connectivity index (χ0) is 22.7. The van der Waals surface area contributed by atoms with Gasteiger partial charge in [0.05, 0.1) is 5.52 Å². The molecule has 0 saturated heterocycles. The van der Waals surface area contributed by atoms with Crippen molar-refractivity contribution in [2.75, 3.05) is 0 Å². The highest BCUT2D eigenvalue weighted by Crippen LogP contribution is 2.41. The molecule has 1 aliphatic rings. The Bertz CT molecular complexity index is 1590. The standard InChI is InChI=1S/C24H20FN7O/c1-13-7-20-22(28-13)24(33)32(11-26-20)21-9-15(8-19(29-21)14-3-4-14)17-6-5-16(25)10-18(17)23-30-27-12-31(23)2/h5-12,14,28H,3-4H2,1-2H3. The lowest BCUT2D eigenvalue weighted by molar-refractivity contribution is 0.628. The maximum Gasteiger partial charge on any atom is 0.283 e. The molecule has 33 heavy (non-hydrogen) atoms. The molecule has 1 fully saturated rings. The fourth-order valence-corrected chi connectivity index (χ4v) is 4.18. The Labute approximate surface area is 187 Å². The molecule has 164 valence electrons. The van der Waals surface area contributed by atoms with E-state index in [9.17, 15) is 9.18 Å². The van der Waals surface area contributed by atoms with E-state index >= 15 is 0 Å². The molecule has 0 spiro atoms. The Balaban J connectivity index is 1.58. The van der Waals surface area contributed by atoms with Crippen LogP contribution in [0.2, 0.25) is 0 Å². The van der Waals surface area contributed by atoms with Crippen molar-refractivity contribution < 1.29 is 4.39 Å². The van der Waals surface area contributed by atoms with E-state index in [4.69, 9.17) is 4.98 Å². The van der Waals surface area contributed by atoms with E-state index in [1.165, 1.54) is 23.0 Å². The van der Waals surface area contributed by atoms with Gasteiger partial charge in [-0.3, -0.25) is 4.79 Å². The lowest BCUT2D eigenvalue weighted by atomic mass is 9.98. The highest BCUT2D eigenvalue weighted by atomic mass is 19.1. The van der Waals surface area contributed by atoms with Gasteiger partial charge in [0, 0.05) is 29.9 Å². The Morgan fingerprint density at radius 2 is 1.94 bits per heavy atom. The molecule has 1 saturated carbocycles. The van der Waals surface area contributed by atoms with Crippen LogP contribution in [0.3, 0.4) is 0 Å². The largest absolute Gasteiger partial charge is 0.353 e. The van der Waals surface area contributed by atoms with Gasteiger partial charge in [0.15, 0.2) is 5.82 Å². The summed E-state index contributed by atoms with van der Waals surface area (Å²) in [5.74, 6) is 1.02. The molecule has 4 heterocycles. The second kappa shape index (κ2) is 7.19. The van der Waals surface area contributed by atoms with E-state index in [0.717, 1.165) is 35.4 Å². The Morgan fingerprint density at radius 1 is 1.09 bits per heavy atom. The van der Waals surface area contributed by atoms with Crippen molar-refractivity contribution in [3.8, 4) is 28.3 Å². The van der Waals surface area contributed by atoms with Crippen LogP contribution >= 0.6 is 0 Å². The average molecular weight is 441 g/mol. The fraction of sp³-hybridized carbons (Fsp3) is 0.208. The van der Waals surface area contributed by atoms with E-state index in [0.29, 0.717) is 34.2 Å². The summed E-state index contributed by atoms with van der Waals surface area (Å²) in [6, 6.07) is 10.3. The van der Waals surface area contributed by atoms with Crippen molar-refractivity contribution in [1.82, 2.24) is 34.3 Å². The number of fused-ring (bicyclic) bond motifs is 1. The first-order valence-electron chi connectivity index (χ1n) is 10.7. The molecular formula is C24H20FN7O. The van der Waals surface area contributed by atoms with Crippen LogP contribution in [0.1, 0.15) is 30.1 Å². The SMILES string of the molecule is Cc1cc2ncn(-c3cc(-c4ccc(F)cc4-c4nncn4C)cc(C4CC4)n3)c(=O)c2[nH]1. The van der Waals surface area contributed by atoms with Gasteiger partial charge in [-0.1, -0.05) is 6.07 Å². The summed E-state index contributed by atoms with van der Waals surface area (Å²) < 4.78 is 17.4. The molecule has 0 bridgehead atoms. The second-order valence-electron chi connectivity index (χ2n) is 8.50. The number of pyridine rings is 1. The molecule has 0 atom stereocenters. The summed E-state index contributed by atoms with van der Waals surface area (Å²) in [4.78, 5) is 25.5. The molecule has 0 amide bonds. The second-order valence-corrected chi connectivity index (χ2v) is 8.50. The van der Waals surface area contributed by atoms with Crippen molar-refractivity contribution >= 4 is 11.0 Å². The van der Waals surface area contributed by atoms with E-state index < -0.39 is 0 Å². The van der Waals surface area contributed by atoms with Gasteiger partial charge < -0.3 is 9.55 Å². The first-order valence-corrected chi connectivity index (χ1v) is 10.7. The fourth-order valence-electron chi connectivity index (χ4n) is 4.18. The number of aryl methyl sites for hydroxylation is 2. The number of benzene rings is 1. The topological polar surface area (TPSA) is 94.3 Å². The Hall–Kier alpha value is -4.14. The smallest absolute Gasteiger partial charge is 0.283 e. The normalized spacial score (nSPS) is 13.7. The van der Waals surface area contributed by atoms with Crippen LogP contribution in [0.4, 0.5) is 4.39 Å². The number of hydrogen-bond donors (Lipinski definition) is 1. The molecular weight excluding hydrogens is 421 g/mol. The van der Waals surface area contributed by atoms with E-state index in [-0.39, 0.29) is 11.4 Å². The van der Waals surface area contributed by atoms with Gasteiger partial charge in [-0.05, 0) is 61.2 Å². The van der Waals surface area contributed by atoms with Crippen LogP contribution in [0.25, 0.3) is 39.4 Å². The summed E-state index contributed by atoms with van der Waals surface area (Å²) in [7, 11) is 1.82. The average Bonchev–Trinajstić information content (AvgIpc) is 3.45. The lowest BCUT2D eigenvalue weighted by Gasteiger charge is -2.13. The minimum absolute atomic E-state index is 0.216. The van der Waals surface area contributed by atoms with Crippen molar-refractivity contribution in [3.63, 3.8) is 0 Å². The molecule has 8 nitrogen and oxygen atoms in total. The molecule has 6 rings (SSSR count). The van der Waals surface area contributed by atoms with Crippen molar-refractivity contribution in [1.29, 1.82) is 0 Å². The number of aromatic nitrogens is 7. The first kappa shape index (κ1) is 19.5. The third-order valence-corrected chi connectivity index (χ3v) is 6.00. The monoisotopic (exact) mass is 441 g/mol. The lowest BCUT2D eigenvalue weighted by Crippen LogP contribution is -2.20. The molecule has 0 unspecified atom stereocenters. The summed E-state index contributed by atoms with van der Waals surface area (Å²) in [5.41, 5.74) is 4.86. The van der Waals surface area contributed by atoms with Gasteiger partial charge in [0.25, 0.3) is 5.56 Å². The van der Waals surface area contributed by atoms with Gasteiger partial charge in [0.1, 0.15) is 29.8 Å². The number of nitrogens with one attached hydrogen (secondary N) is 1. The molecule has 4 aromatic heterocycles. The van der Waals surface area contributed by atoms with Gasteiger partial charge in [0.2, 0.25) is 0 Å². The minimum atomic E-state index is -0.360. The molecule has 5 aromatic rings. The van der Waals surface area contributed by atoms with Crippen molar-refractivity contribution in [3.05, 3.63) is 76.6 Å². The third-order valence-electron chi connectivity index (χ3n) is 6.00. The predicted octanol–water partition coefficient (Wildman–Crippen LogP) is 3.90. The molecule has 1 N–H and O–H groups in total. The number of H-pyrrole nitrogens is 1. The van der Waals surface area contributed by atoms with E-state index in [2.05, 4.69) is 20.2 Å². The molecule has 1 aromatic carbocycles. The number of halogens is 1. The van der Waals surface area contributed by atoms with Gasteiger partial charge >= 0.3 is 0 Å². The molecule has 1 aliphatic carbocycles. The number of hydrogen-bond acceptors (Lipinski definition) is 5. The number of aromatic amines is 1. The zero-order valence-electron chi connectivity index (χ0n) is 18.1. The first-order chi connectivity index (χ1) is 16.0. The Morgan fingerprint density at radius 3 is 2.70 bits per heavy atom. The molecule has 0 radical (unpaired) electrons. The molecule has 9 heteroatoms. The van der Waals surface area contributed by atoms with Crippen LogP contribution in [0.15, 0.2) is 53.8 Å². The van der Waals surface area contributed by atoms with Crippen LogP contribution in [-0.2, 0) is 7.05 Å². The number of nitrogens with zero attached hydrogens (tertiary/aromatic N) is 6. The van der Waals surface area contributed by atoms with Crippen molar-refractivity contribution in [2.24, 2.45) is 7.05 Å². The van der Waals surface area contributed by atoms with Crippen LogP contribution < -0.4 is 5.56 Å². The zero-order valence-corrected chi connectivity index (χ0v) is 18.1. The summed E-state index contributed by atoms with van der Waals surface area (Å²) in [6.07, 6.45) is 5.19. The van der Waals surface area contributed by atoms with Crippen LogP contribution in [-0.4, -0.2) is 34.3 Å². The van der Waals surface area contributed by atoms with Crippen LogP contribution in [0.5, 0.6) is 0 Å².